The molecule has 0 heterocycles. The molecule has 4 rings (SSSR count). The Morgan fingerprint density at radius 2 is 1.92 bits per heavy atom. The number of nitro groups is 1. The van der Waals surface area contributed by atoms with Crippen molar-refractivity contribution in [1.29, 1.82) is 0 Å². The largest absolute Gasteiger partial charge is 0.320 e. The monoisotopic (exact) mass is 550 g/mol. The molecule has 5 nitrogen and oxygen atoms in total. The minimum Gasteiger partial charge on any atom is -0.320 e. The maximum atomic E-state index is 13.4. The molecule has 3 aliphatic carbocycles. The average molecular weight is 553 g/mol. The zero-order valence-electron chi connectivity index (χ0n) is 15.0. The third-order valence-electron chi connectivity index (χ3n) is 6.79. The van der Waals surface area contributed by atoms with Gasteiger partial charge in [0.15, 0.2) is 0 Å². The number of nitrogens with zero attached hydrogens (tertiary/aromatic N) is 1. The standard InChI is InChI=1S/C18H21Br3N2O3/c1-9-7-10(2)12(11(8-9)23(25)26)22-15(24)18-6-5-17(13(18)19,14(20)21)16(18,3)4/h7-8,13-14H,5-6H2,1-4H3,(H,22,24). The molecule has 3 aliphatic rings. The van der Waals surface area contributed by atoms with E-state index in [9.17, 15) is 14.9 Å². The van der Waals surface area contributed by atoms with Crippen molar-refractivity contribution in [2.75, 3.05) is 5.32 Å². The van der Waals surface area contributed by atoms with E-state index in [4.69, 9.17) is 0 Å². The van der Waals surface area contributed by atoms with E-state index in [2.05, 4.69) is 67.0 Å². The van der Waals surface area contributed by atoms with Crippen LogP contribution in [0.3, 0.4) is 0 Å². The van der Waals surface area contributed by atoms with E-state index in [1.165, 1.54) is 6.07 Å². The molecule has 142 valence electrons. The van der Waals surface area contributed by atoms with Gasteiger partial charge >= 0.3 is 0 Å². The second-order valence-corrected chi connectivity index (χ2v) is 12.0. The Hall–Kier alpha value is -0.470. The van der Waals surface area contributed by atoms with Crippen LogP contribution in [0.15, 0.2) is 12.1 Å². The summed E-state index contributed by atoms with van der Waals surface area (Å²) in [6.45, 7) is 7.83. The molecular formula is C18H21Br3N2O3. The molecule has 3 unspecified atom stereocenters. The number of aryl methyl sites for hydroxylation is 2. The molecule has 3 saturated carbocycles. The summed E-state index contributed by atoms with van der Waals surface area (Å²) in [5.41, 5.74) is 0.800. The maximum Gasteiger partial charge on any atom is 0.293 e. The van der Waals surface area contributed by atoms with E-state index in [1.54, 1.807) is 6.92 Å². The smallest absolute Gasteiger partial charge is 0.293 e. The first kappa shape index (κ1) is 20.3. The van der Waals surface area contributed by atoms with Crippen molar-refractivity contribution in [3.05, 3.63) is 33.4 Å². The fourth-order valence-corrected chi connectivity index (χ4v) is 10.1. The number of hydrogen-bond donors (Lipinski definition) is 1. The molecule has 1 amide bonds. The topological polar surface area (TPSA) is 72.2 Å². The highest BCUT2D eigenvalue weighted by atomic mass is 79.9. The van der Waals surface area contributed by atoms with Gasteiger partial charge in [-0.1, -0.05) is 67.7 Å². The first-order chi connectivity index (χ1) is 11.9. The van der Waals surface area contributed by atoms with Gasteiger partial charge in [-0.3, -0.25) is 14.9 Å². The highest BCUT2D eigenvalue weighted by Gasteiger charge is 2.83. The zero-order valence-corrected chi connectivity index (χ0v) is 19.8. The molecule has 0 spiro atoms. The van der Waals surface area contributed by atoms with Crippen molar-refractivity contribution >= 4 is 65.1 Å². The predicted molar refractivity (Wildman–Crippen MR) is 113 cm³/mol. The molecule has 3 fully saturated rings. The van der Waals surface area contributed by atoms with Crippen LogP contribution >= 0.6 is 47.8 Å². The van der Waals surface area contributed by atoms with E-state index in [0.717, 1.165) is 18.4 Å². The predicted octanol–water partition coefficient (Wildman–Crippen LogP) is 5.84. The van der Waals surface area contributed by atoms with Gasteiger partial charge in [-0.05, 0) is 43.2 Å². The quantitative estimate of drug-likeness (QED) is 0.290. The third kappa shape index (κ3) is 2.27. The van der Waals surface area contributed by atoms with Crippen molar-refractivity contribution < 1.29 is 9.72 Å². The number of nitro benzene ring substituents is 1. The number of benzene rings is 1. The molecule has 3 atom stereocenters. The van der Waals surface area contributed by atoms with E-state index >= 15 is 0 Å². The van der Waals surface area contributed by atoms with Gasteiger partial charge in [-0.2, -0.15) is 0 Å². The number of hydrogen-bond acceptors (Lipinski definition) is 3. The van der Waals surface area contributed by atoms with Crippen LogP contribution < -0.4 is 5.32 Å². The summed E-state index contributed by atoms with van der Waals surface area (Å²) in [4.78, 5) is 24.4. The van der Waals surface area contributed by atoms with Crippen molar-refractivity contribution in [3.8, 4) is 0 Å². The molecule has 1 N–H and O–H groups in total. The molecule has 0 radical (unpaired) electrons. The number of fused-ring (bicyclic) bond motifs is 1. The third-order valence-corrected chi connectivity index (χ3v) is 10.0. The van der Waals surface area contributed by atoms with Crippen LogP contribution in [-0.2, 0) is 4.79 Å². The number of carbonyl (C=O) groups excluding carboxylic acids is 1. The van der Waals surface area contributed by atoms with Gasteiger partial charge < -0.3 is 5.32 Å². The molecular weight excluding hydrogens is 532 g/mol. The number of halogens is 3. The second-order valence-electron chi connectivity index (χ2n) is 7.99. The summed E-state index contributed by atoms with van der Waals surface area (Å²) in [7, 11) is 0. The molecule has 0 saturated heterocycles. The summed E-state index contributed by atoms with van der Waals surface area (Å²) in [5.74, 6) is -0.145. The Bertz CT molecular complexity index is 811. The van der Waals surface area contributed by atoms with E-state index in [1.807, 2.05) is 13.0 Å². The Kier molecular flexibility index (Phi) is 4.89. The first-order valence-corrected chi connectivity index (χ1v) is 11.2. The summed E-state index contributed by atoms with van der Waals surface area (Å²) in [6, 6.07) is 3.35. The van der Waals surface area contributed by atoms with Gasteiger partial charge in [0.2, 0.25) is 5.91 Å². The van der Waals surface area contributed by atoms with Crippen LogP contribution in [0.2, 0.25) is 0 Å². The first-order valence-electron chi connectivity index (χ1n) is 8.43. The normalized spacial score (nSPS) is 31.6. The highest BCUT2D eigenvalue weighted by Crippen LogP contribution is 2.82. The number of nitrogens with one attached hydrogen (secondary N) is 1. The van der Waals surface area contributed by atoms with Gasteiger partial charge in [0.1, 0.15) is 5.69 Å². The average Bonchev–Trinajstić information content (AvgIpc) is 2.99. The van der Waals surface area contributed by atoms with Crippen molar-refractivity contribution in [1.82, 2.24) is 0 Å². The second kappa shape index (κ2) is 6.27. The number of amides is 1. The Labute approximate surface area is 178 Å². The summed E-state index contributed by atoms with van der Waals surface area (Å²) in [5, 5.41) is 14.4. The lowest BCUT2D eigenvalue weighted by Gasteiger charge is -2.66. The lowest BCUT2D eigenvalue weighted by atomic mass is 9.43. The summed E-state index contributed by atoms with van der Waals surface area (Å²) < 4.78 is 0.0840. The fraction of sp³-hybridized carbons (Fsp3) is 0.611. The Balaban J connectivity index is 2.00. The van der Waals surface area contributed by atoms with Gasteiger partial charge in [-0.25, -0.2) is 0 Å². The van der Waals surface area contributed by atoms with E-state index in [0.29, 0.717) is 11.3 Å². The fourth-order valence-electron chi connectivity index (χ4n) is 5.18. The lowest BCUT2D eigenvalue weighted by Crippen LogP contribution is -2.71. The molecule has 1 aromatic rings. The maximum absolute atomic E-state index is 13.4. The van der Waals surface area contributed by atoms with Crippen molar-refractivity contribution in [3.63, 3.8) is 0 Å². The van der Waals surface area contributed by atoms with Crippen molar-refractivity contribution in [2.45, 2.75) is 49.1 Å². The van der Waals surface area contributed by atoms with Crippen molar-refractivity contribution in [2.24, 2.45) is 16.2 Å². The molecule has 2 bridgehead atoms. The van der Waals surface area contributed by atoms with Crippen LogP contribution in [0.5, 0.6) is 0 Å². The Morgan fingerprint density at radius 1 is 1.31 bits per heavy atom. The number of rotatable bonds is 4. The van der Waals surface area contributed by atoms with Crippen LogP contribution in [-0.4, -0.2) is 19.4 Å². The molecule has 1 aromatic carbocycles. The number of alkyl halides is 3. The number of anilines is 1. The van der Waals surface area contributed by atoms with Gasteiger partial charge in [0.25, 0.3) is 5.69 Å². The van der Waals surface area contributed by atoms with Gasteiger partial charge in [0.05, 0.1) is 14.1 Å². The van der Waals surface area contributed by atoms with Crippen LogP contribution in [0.4, 0.5) is 11.4 Å². The molecule has 0 aliphatic heterocycles. The highest BCUT2D eigenvalue weighted by molar-refractivity contribution is 9.24. The Morgan fingerprint density at radius 3 is 2.38 bits per heavy atom. The number of carbonyl (C=O) groups is 1. The molecule has 26 heavy (non-hydrogen) atoms. The van der Waals surface area contributed by atoms with Crippen LogP contribution in [0, 0.1) is 40.2 Å². The van der Waals surface area contributed by atoms with Crippen LogP contribution in [0.1, 0.15) is 37.8 Å². The van der Waals surface area contributed by atoms with Gasteiger partial charge in [0, 0.05) is 16.3 Å². The van der Waals surface area contributed by atoms with E-state index in [-0.39, 0.29) is 31.0 Å². The zero-order chi connectivity index (χ0) is 19.7. The minimum absolute atomic E-state index is 0.00828. The summed E-state index contributed by atoms with van der Waals surface area (Å²) in [6.07, 6.45) is 1.65. The molecule has 8 heteroatoms. The molecule has 0 aromatic heterocycles. The SMILES string of the molecule is Cc1cc(C)c(NC(=O)C23CCC(C(Br)Br)(C2Br)C3(C)C)c([N+](=O)[O-])c1. The summed E-state index contributed by atoms with van der Waals surface area (Å²) >= 11 is 11.1. The lowest BCUT2D eigenvalue weighted by molar-refractivity contribution is -0.384. The van der Waals surface area contributed by atoms with Gasteiger partial charge in [-0.15, -0.1) is 0 Å². The minimum atomic E-state index is -0.599. The van der Waals surface area contributed by atoms with E-state index < -0.39 is 10.3 Å². The van der Waals surface area contributed by atoms with Crippen LogP contribution in [0.25, 0.3) is 0 Å².